The van der Waals surface area contributed by atoms with E-state index in [1.54, 1.807) is 0 Å². The average Bonchev–Trinajstić information content (AvgIpc) is 4.09. The molecular weight excluding hydrogens is 861 g/mol. The lowest BCUT2D eigenvalue weighted by Gasteiger charge is -2.18. The van der Waals surface area contributed by atoms with Crippen molar-refractivity contribution in [2.24, 2.45) is 0 Å². The van der Waals surface area contributed by atoms with E-state index in [0.717, 1.165) is 116 Å². The van der Waals surface area contributed by atoms with Crippen molar-refractivity contribution in [3.8, 4) is 61.6 Å². The lowest BCUT2D eigenvalue weighted by Crippen LogP contribution is -2.02. The number of rotatable bonds is 7. The Labute approximate surface area is 410 Å². The Balaban J connectivity index is 1.15. The molecule has 0 saturated carbocycles. The summed E-state index contributed by atoms with van der Waals surface area (Å²) in [5.74, 6) is 0. The monoisotopic (exact) mass is 902 g/mol. The molecule has 4 heteroatoms. The molecular formula is C67H42N4. The summed E-state index contributed by atoms with van der Waals surface area (Å²) in [6, 6.07) is 91.4. The Morgan fingerprint density at radius 3 is 1.00 bits per heavy atom. The van der Waals surface area contributed by atoms with Gasteiger partial charge in [0.25, 0.3) is 0 Å². The summed E-state index contributed by atoms with van der Waals surface area (Å²) >= 11 is 0. The zero-order chi connectivity index (χ0) is 47.0. The van der Waals surface area contributed by atoms with Gasteiger partial charge < -0.3 is 13.7 Å². The summed E-state index contributed by atoms with van der Waals surface area (Å²) in [6.45, 7) is 9.32. The van der Waals surface area contributed by atoms with Gasteiger partial charge in [0.2, 0.25) is 5.69 Å². The average molecular weight is 903 g/mol. The third-order valence-corrected chi connectivity index (χ3v) is 14.4. The molecule has 0 atom stereocenters. The minimum Gasteiger partial charge on any atom is -0.319 e. The number of aromatic nitrogens is 3. The molecule has 14 aromatic rings. The topological polar surface area (TPSA) is 19.1 Å². The molecule has 3 heterocycles. The first-order chi connectivity index (χ1) is 35.2. The van der Waals surface area contributed by atoms with E-state index < -0.39 is 0 Å². The predicted octanol–water partition coefficient (Wildman–Crippen LogP) is 18.2. The van der Waals surface area contributed by atoms with Crippen molar-refractivity contribution < 1.29 is 0 Å². The Hall–Kier alpha value is -9.69. The molecule has 0 bridgehead atoms. The number of hydrogen-bond acceptors (Lipinski definition) is 0. The zero-order valence-electron chi connectivity index (χ0n) is 38.5. The normalized spacial score (nSPS) is 11.6. The van der Waals surface area contributed by atoms with Crippen molar-refractivity contribution >= 4 is 71.1 Å². The Bertz CT molecular complexity index is 4230. The number of nitrogens with zero attached hydrogens (tertiary/aromatic N) is 4. The van der Waals surface area contributed by atoms with Crippen molar-refractivity contribution in [1.29, 1.82) is 0 Å². The molecule has 4 nitrogen and oxygen atoms in total. The standard InChI is InChI=1S/C67H42N4/c1-68-66-64(71-61-37-33-50(46-23-11-4-12-24-46)41-56(61)57-42-51(34-38-62(57)71)47-25-13-5-14-26-47)43-63(65-53-29-17-18-30-58(53)69(67(65)66)52-27-15-6-16-28-52)70-59-35-31-48(44-19-7-2-8-20-44)39-54(59)55-40-49(32-36-60(55)70)45-21-9-3-10-22-45/h2-43H. The first kappa shape index (κ1) is 40.4. The summed E-state index contributed by atoms with van der Waals surface area (Å²) < 4.78 is 7.13. The second kappa shape index (κ2) is 16.2. The maximum Gasteiger partial charge on any atom is 0.234 e. The third kappa shape index (κ3) is 6.38. The van der Waals surface area contributed by atoms with Gasteiger partial charge in [0.1, 0.15) is 0 Å². The quantitative estimate of drug-likeness (QED) is 0.142. The third-order valence-electron chi connectivity index (χ3n) is 14.4. The van der Waals surface area contributed by atoms with Gasteiger partial charge in [0, 0.05) is 38.0 Å². The summed E-state index contributed by atoms with van der Waals surface area (Å²) in [4.78, 5) is 4.62. The van der Waals surface area contributed by atoms with E-state index in [-0.39, 0.29) is 0 Å². The molecule has 11 aromatic carbocycles. The molecule has 0 fully saturated rings. The lowest BCUT2D eigenvalue weighted by molar-refractivity contribution is 1.14. The molecule has 0 spiro atoms. The molecule has 14 rings (SSSR count). The first-order valence-corrected chi connectivity index (χ1v) is 24.1. The summed E-state index contributed by atoms with van der Waals surface area (Å²) in [5.41, 5.74) is 18.8. The molecule has 3 aromatic heterocycles. The zero-order valence-corrected chi connectivity index (χ0v) is 38.5. The van der Waals surface area contributed by atoms with Gasteiger partial charge in [-0.05, 0) is 117 Å². The summed E-state index contributed by atoms with van der Waals surface area (Å²) in [5, 5.41) is 6.67. The van der Waals surface area contributed by atoms with Crippen LogP contribution in [0.1, 0.15) is 0 Å². The van der Waals surface area contributed by atoms with Crippen LogP contribution < -0.4 is 0 Å². The maximum atomic E-state index is 9.32. The van der Waals surface area contributed by atoms with Crippen LogP contribution in [0, 0.1) is 6.57 Å². The molecule has 330 valence electrons. The molecule has 0 radical (unpaired) electrons. The van der Waals surface area contributed by atoms with Gasteiger partial charge in [0.15, 0.2) is 0 Å². The molecule has 0 aliphatic carbocycles. The van der Waals surface area contributed by atoms with Gasteiger partial charge >= 0.3 is 0 Å². The van der Waals surface area contributed by atoms with Gasteiger partial charge in [-0.2, -0.15) is 0 Å². The SMILES string of the molecule is [C-]#[N+]c1c(-n2c3ccc(-c4ccccc4)cc3c3cc(-c4ccccc4)ccc32)cc(-n2c3ccc(-c4ccccc4)cc3c3cc(-c4ccccc4)ccc32)c2c3ccccc3n(-c3ccccc3)c12. The Kier molecular flexibility index (Phi) is 9.23. The van der Waals surface area contributed by atoms with Gasteiger partial charge in [-0.1, -0.05) is 182 Å². The lowest BCUT2D eigenvalue weighted by atomic mass is 10.0. The van der Waals surface area contributed by atoms with Crippen LogP contribution in [0.25, 0.3) is 132 Å². The van der Waals surface area contributed by atoms with Gasteiger partial charge in [-0.25, -0.2) is 4.85 Å². The number of fused-ring (bicyclic) bond motifs is 9. The van der Waals surface area contributed by atoms with E-state index in [9.17, 15) is 6.57 Å². The van der Waals surface area contributed by atoms with Crippen LogP contribution in [0.3, 0.4) is 0 Å². The maximum absolute atomic E-state index is 9.32. The van der Waals surface area contributed by atoms with E-state index in [0.29, 0.717) is 5.69 Å². The van der Waals surface area contributed by atoms with Crippen molar-refractivity contribution in [3.05, 3.63) is 266 Å². The van der Waals surface area contributed by atoms with E-state index in [1.807, 2.05) is 0 Å². The van der Waals surface area contributed by atoms with Gasteiger partial charge in [0.05, 0.1) is 51.0 Å². The van der Waals surface area contributed by atoms with Crippen LogP contribution in [0.15, 0.2) is 255 Å². The second-order valence-electron chi connectivity index (χ2n) is 18.3. The van der Waals surface area contributed by atoms with Crippen LogP contribution in [0.5, 0.6) is 0 Å². The minimum absolute atomic E-state index is 0.584. The molecule has 0 amide bonds. The summed E-state index contributed by atoms with van der Waals surface area (Å²) in [6.07, 6.45) is 0. The van der Waals surface area contributed by atoms with Gasteiger partial charge in [-0.15, -0.1) is 0 Å². The molecule has 0 saturated heterocycles. The predicted molar refractivity (Wildman–Crippen MR) is 297 cm³/mol. The van der Waals surface area contributed by atoms with Crippen LogP contribution in [0.4, 0.5) is 5.69 Å². The van der Waals surface area contributed by atoms with E-state index in [1.165, 1.54) is 11.1 Å². The highest BCUT2D eigenvalue weighted by Gasteiger charge is 2.27. The number of hydrogen-bond donors (Lipinski definition) is 0. The Morgan fingerprint density at radius 1 is 0.268 bits per heavy atom. The number of para-hydroxylation sites is 2. The van der Waals surface area contributed by atoms with Crippen LogP contribution in [0.2, 0.25) is 0 Å². The van der Waals surface area contributed by atoms with Crippen LogP contribution >= 0.6 is 0 Å². The minimum atomic E-state index is 0.584. The fraction of sp³-hybridized carbons (Fsp3) is 0. The van der Waals surface area contributed by atoms with E-state index >= 15 is 0 Å². The van der Waals surface area contributed by atoms with E-state index in [2.05, 4.69) is 273 Å². The van der Waals surface area contributed by atoms with Crippen molar-refractivity contribution in [2.45, 2.75) is 0 Å². The van der Waals surface area contributed by atoms with Gasteiger partial charge in [-0.3, -0.25) is 0 Å². The fourth-order valence-corrected chi connectivity index (χ4v) is 11.2. The van der Waals surface area contributed by atoms with Crippen LogP contribution in [-0.4, -0.2) is 13.7 Å². The van der Waals surface area contributed by atoms with Crippen LogP contribution in [-0.2, 0) is 0 Å². The highest BCUT2D eigenvalue weighted by Crippen LogP contribution is 2.49. The second-order valence-corrected chi connectivity index (χ2v) is 18.3. The van der Waals surface area contributed by atoms with Crippen molar-refractivity contribution in [1.82, 2.24) is 13.7 Å². The smallest absolute Gasteiger partial charge is 0.234 e. The van der Waals surface area contributed by atoms with Crippen molar-refractivity contribution in [3.63, 3.8) is 0 Å². The molecule has 0 aliphatic heterocycles. The van der Waals surface area contributed by atoms with E-state index in [4.69, 9.17) is 0 Å². The van der Waals surface area contributed by atoms with Crippen molar-refractivity contribution in [2.75, 3.05) is 0 Å². The summed E-state index contributed by atoms with van der Waals surface area (Å²) in [7, 11) is 0. The number of benzene rings is 11. The molecule has 0 N–H and O–H groups in total. The molecule has 71 heavy (non-hydrogen) atoms. The fourth-order valence-electron chi connectivity index (χ4n) is 11.2. The molecule has 0 unspecified atom stereocenters. The Morgan fingerprint density at radius 2 is 0.606 bits per heavy atom. The first-order valence-electron chi connectivity index (χ1n) is 24.1. The highest BCUT2D eigenvalue weighted by molar-refractivity contribution is 6.22. The highest BCUT2D eigenvalue weighted by atomic mass is 15.1. The molecule has 0 aliphatic rings. The largest absolute Gasteiger partial charge is 0.319 e.